The van der Waals surface area contributed by atoms with Crippen molar-refractivity contribution in [2.45, 2.75) is 33.2 Å². The lowest BCUT2D eigenvalue weighted by Crippen LogP contribution is -2.46. The number of nitrogens with zero attached hydrogens (tertiary/aromatic N) is 4. The maximum absolute atomic E-state index is 13.6. The van der Waals surface area contributed by atoms with Gasteiger partial charge in [-0.25, -0.2) is 4.98 Å². The number of hydrogen-bond donors (Lipinski definition) is 1. The number of nitrogens with one attached hydrogen (secondary N) is 1. The molecule has 0 aliphatic rings. The lowest BCUT2D eigenvalue weighted by molar-refractivity contribution is -0.604. The molecule has 0 unspecified atom stereocenters. The summed E-state index contributed by atoms with van der Waals surface area (Å²) < 4.78 is 2.09. The van der Waals surface area contributed by atoms with Crippen LogP contribution in [0, 0.1) is 12.1 Å². The predicted octanol–water partition coefficient (Wildman–Crippen LogP) is 4.58. The Morgan fingerprint density at radius 1 is 1.06 bits per heavy atom. The summed E-state index contributed by atoms with van der Waals surface area (Å²) in [5.41, 5.74) is 3.18. The number of pyridine rings is 1. The Morgan fingerprint density at radius 2 is 1.78 bits per heavy atom. The average Bonchev–Trinajstić information content (AvgIpc) is 2.83. The van der Waals surface area contributed by atoms with Crippen LogP contribution in [-0.4, -0.2) is 21.0 Å². The SMILES string of the molecule is Cc1c(-c2cn(C)c(=O)c(Nc3ccc[n+]([O-])c3)n2)cccc1N(C(=O)c1ccccc1)C(C)(C)C. The Balaban J connectivity index is 1.81. The van der Waals surface area contributed by atoms with E-state index in [0.717, 1.165) is 16.8 Å². The lowest BCUT2D eigenvalue weighted by Gasteiger charge is -2.37. The maximum atomic E-state index is 13.6. The highest BCUT2D eigenvalue weighted by Crippen LogP contribution is 2.34. The molecule has 2 aromatic carbocycles. The van der Waals surface area contributed by atoms with Crippen LogP contribution < -0.4 is 20.5 Å². The molecule has 0 aliphatic heterocycles. The fourth-order valence-electron chi connectivity index (χ4n) is 4.11. The Bertz CT molecular complexity index is 1470. The molecule has 0 bridgehead atoms. The van der Waals surface area contributed by atoms with Gasteiger partial charge in [-0.2, -0.15) is 4.73 Å². The van der Waals surface area contributed by atoms with Gasteiger partial charge in [0.25, 0.3) is 11.5 Å². The molecule has 0 aliphatic carbocycles. The highest BCUT2D eigenvalue weighted by Gasteiger charge is 2.30. The van der Waals surface area contributed by atoms with Gasteiger partial charge in [-0.1, -0.05) is 30.3 Å². The van der Waals surface area contributed by atoms with E-state index in [0.29, 0.717) is 21.7 Å². The van der Waals surface area contributed by atoms with E-state index in [4.69, 9.17) is 0 Å². The van der Waals surface area contributed by atoms with Gasteiger partial charge < -0.3 is 20.0 Å². The van der Waals surface area contributed by atoms with Crippen molar-refractivity contribution in [1.82, 2.24) is 9.55 Å². The Labute approximate surface area is 210 Å². The minimum atomic E-state index is -0.499. The van der Waals surface area contributed by atoms with Crippen LogP contribution in [0.2, 0.25) is 0 Å². The third kappa shape index (κ3) is 4.98. The molecule has 8 heteroatoms. The molecule has 0 radical (unpaired) electrons. The molecule has 1 N–H and O–H groups in total. The maximum Gasteiger partial charge on any atom is 0.293 e. The monoisotopic (exact) mass is 483 g/mol. The first kappa shape index (κ1) is 24.7. The van der Waals surface area contributed by atoms with Crippen molar-refractivity contribution in [3.8, 4) is 11.3 Å². The topological polar surface area (TPSA) is 94.2 Å². The van der Waals surface area contributed by atoms with Gasteiger partial charge in [0.2, 0.25) is 6.20 Å². The van der Waals surface area contributed by atoms with E-state index in [1.807, 2.05) is 76.2 Å². The molecular formula is C28H29N5O3. The second kappa shape index (κ2) is 9.65. The van der Waals surface area contributed by atoms with Crippen LogP contribution in [0.25, 0.3) is 11.3 Å². The van der Waals surface area contributed by atoms with E-state index in [2.05, 4.69) is 10.3 Å². The molecule has 184 valence electrons. The van der Waals surface area contributed by atoms with E-state index < -0.39 is 5.54 Å². The fourth-order valence-corrected chi connectivity index (χ4v) is 4.11. The van der Waals surface area contributed by atoms with Gasteiger partial charge in [-0.15, -0.1) is 0 Å². The zero-order valence-electron chi connectivity index (χ0n) is 21.0. The minimum absolute atomic E-state index is 0.0963. The van der Waals surface area contributed by atoms with Gasteiger partial charge in [0, 0.05) is 41.7 Å². The zero-order chi connectivity index (χ0) is 26.0. The molecule has 0 atom stereocenters. The highest BCUT2D eigenvalue weighted by atomic mass is 16.5. The van der Waals surface area contributed by atoms with E-state index in [9.17, 15) is 14.8 Å². The van der Waals surface area contributed by atoms with Gasteiger partial charge in [-0.05, 0) is 57.5 Å². The van der Waals surface area contributed by atoms with Gasteiger partial charge in [0.1, 0.15) is 5.69 Å². The summed E-state index contributed by atoms with van der Waals surface area (Å²) in [6.45, 7) is 7.93. The molecule has 2 aromatic heterocycles. The van der Waals surface area contributed by atoms with Gasteiger partial charge in [0.15, 0.2) is 12.0 Å². The number of amides is 1. The first-order chi connectivity index (χ1) is 17.1. The highest BCUT2D eigenvalue weighted by molar-refractivity contribution is 6.07. The summed E-state index contributed by atoms with van der Waals surface area (Å²) >= 11 is 0. The lowest BCUT2D eigenvalue weighted by atomic mass is 9.97. The Kier molecular flexibility index (Phi) is 6.61. The predicted molar refractivity (Wildman–Crippen MR) is 141 cm³/mol. The molecule has 36 heavy (non-hydrogen) atoms. The molecule has 1 amide bonds. The van der Waals surface area contributed by atoms with Crippen molar-refractivity contribution in [2.24, 2.45) is 7.05 Å². The summed E-state index contributed by atoms with van der Waals surface area (Å²) in [6, 6.07) is 18.2. The number of carbonyl (C=O) groups is 1. The largest absolute Gasteiger partial charge is 0.619 e. The van der Waals surface area contributed by atoms with Crippen LogP contribution in [-0.2, 0) is 7.05 Å². The number of rotatable bonds is 5. The Hall–Kier alpha value is -4.46. The van der Waals surface area contributed by atoms with E-state index in [-0.39, 0.29) is 17.3 Å². The van der Waals surface area contributed by atoms with Gasteiger partial charge in [0.05, 0.1) is 5.69 Å². The van der Waals surface area contributed by atoms with Crippen LogP contribution >= 0.6 is 0 Å². The molecule has 4 rings (SSSR count). The van der Waals surface area contributed by atoms with Gasteiger partial charge >= 0.3 is 0 Å². The van der Waals surface area contributed by atoms with Crippen molar-refractivity contribution >= 4 is 23.1 Å². The average molecular weight is 484 g/mol. The third-order valence-electron chi connectivity index (χ3n) is 5.83. The molecule has 8 nitrogen and oxygen atoms in total. The van der Waals surface area contributed by atoms with Gasteiger partial charge in [-0.3, -0.25) is 9.59 Å². The van der Waals surface area contributed by atoms with E-state index in [1.54, 1.807) is 30.3 Å². The first-order valence-electron chi connectivity index (χ1n) is 11.6. The number of anilines is 3. The van der Waals surface area contributed by atoms with Crippen molar-refractivity contribution in [3.63, 3.8) is 0 Å². The van der Waals surface area contributed by atoms with Crippen molar-refractivity contribution in [1.29, 1.82) is 0 Å². The second-order valence-electron chi connectivity index (χ2n) is 9.60. The molecule has 2 heterocycles. The minimum Gasteiger partial charge on any atom is -0.619 e. The number of carbonyl (C=O) groups excluding carboxylic acids is 1. The smallest absolute Gasteiger partial charge is 0.293 e. The van der Waals surface area contributed by atoms with Crippen molar-refractivity contribution in [2.75, 3.05) is 10.2 Å². The normalized spacial score (nSPS) is 11.2. The summed E-state index contributed by atoms with van der Waals surface area (Å²) in [6.07, 6.45) is 4.36. The van der Waals surface area contributed by atoms with Crippen LogP contribution in [0.15, 0.2) is 84.0 Å². The quantitative estimate of drug-likeness (QED) is 0.331. The summed E-state index contributed by atoms with van der Waals surface area (Å²) in [5.74, 6) is -0.00633. The third-order valence-corrected chi connectivity index (χ3v) is 5.83. The van der Waals surface area contributed by atoms with Crippen LogP contribution in [0.4, 0.5) is 17.2 Å². The summed E-state index contributed by atoms with van der Waals surface area (Å²) in [5, 5.41) is 14.6. The first-order valence-corrected chi connectivity index (χ1v) is 11.6. The molecule has 0 saturated heterocycles. The van der Waals surface area contributed by atoms with Crippen LogP contribution in [0.5, 0.6) is 0 Å². The number of aryl methyl sites for hydroxylation is 1. The number of aromatic nitrogens is 3. The van der Waals surface area contributed by atoms with E-state index >= 15 is 0 Å². The van der Waals surface area contributed by atoms with Crippen molar-refractivity contribution in [3.05, 3.63) is 106 Å². The fraction of sp³-hybridized carbons (Fsp3) is 0.214. The van der Waals surface area contributed by atoms with Crippen LogP contribution in [0.3, 0.4) is 0 Å². The Morgan fingerprint density at radius 3 is 2.44 bits per heavy atom. The summed E-state index contributed by atoms with van der Waals surface area (Å²) in [4.78, 5) is 32.8. The molecule has 0 saturated carbocycles. The molecular weight excluding hydrogens is 454 g/mol. The van der Waals surface area contributed by atoms with Crippen LogP contribution in [0.1, 0.15) is 36.7 Å². The number of benzene rings is 2. The molecule has 0 spiro atoms. The number of hydrogen-bond acceptors (Lipinski definition) is 5. The van der Waals surface area contributed by atoms with E-state index in [1.165, 1.54) is 17.0 Å². The molecule has 4 aromatic rings. The van der Waals surface area contributed by atoms with Crippen molar-refractivity contribution < 1.29 is 9.52 Å². The standard InChI is InChI=1S/C28H29N5O3/c1-19-22(23-18-31(5)27(35)25(30-23)29-21-13-10-16-32(36)17-21)14-9-15-24(19)33(28(2,3)4)26(34)20-11-7-6-8-12-20/h6-18H,1-5H3,(H,29,30). The summed E-state index contributed by atoms with van der Waals surface area (Å²) in [7, 11) is 1.65. The second-order valence-corrected chi connectivity index (χ2v) is 9.60. The molecule has 0 fully saturated rings. The zero-order valence-corrected chi connectivity index (χ0v) is 21.0.